The third kappa shape index (κ3) is 3.25. The fraction of sp³-hybridized carbons (Fsp3) is 0.625. The van der Waals surface area contributed by atoms with E-state index in [2.05, 4.69) is 11.9 Å². The fourth-order valence-electron chi connectivity index (χ4n) is 3.04. The highest BCUT2D eigenvalue weighted by Gasteiger charge is 2.35. The van der Waals surface area contributed by atoms with Crippen molar-refractivity contribution in [1.29, 1.82) is 0 Å². The highest BCUT2D eigenvalue weighted by Crippen LogP contribution is 2.33. The molecule has 20 heavy (non-hydrogen) atoms. The van der Waals surface area contributed by atoms with Crippen molar-refractivity contribution >= 4 is 0 Å². The molecule has 1 fully saturated rings. The molecule has 0 heterocycles. The number of methoxy groups -OCH3 is 1. The Morgan fingerprint density at radius 2 is 1.85 bits per heavy atom. The summed E-state index contributed by atoms with van der Waals surface area (Å²) in [5.41, 5.74) is 6.18. The van der Waals surface area contributed by atoms with Crippen LogP contribution in [0.15, 0.2) is 24.3 Å². The van der Waals surface area contributed by atoms with Gasteiger partial charge in [-0.3, -0.25) is 4.90 Å². The minimum Gasteiger partial charge on any atom is -0.493 e. The van der Waals surface area contributed by atoms with E-state index in [1.165, 1.54) is 25.7 Å². The second kappa shape index (κ2) is 6.95. The highest BCUT2D eigenvalue weighted by atomic mass is 16.5. The molecule has 2 N–H and O–H groups in total. The smallest absolute Gasteiger partial charge is 0.161 e. The zero-order valence-corrected chi connectivity index (χ0v) is 12.6. The summed E-state index contributed by atoms with van der Waals surface area (Å²) in [6.07, 6.45) is 4.98. The number of ether oxygens (including phenoxy) is 2. The number of likely N-dealkylation sites (N-methyl/N-ethyl adjacent to an activating group) is 1. The first kappa shape index (κ1) is 15.1. The molecule has 1 aliphatic carbocycles. The Morgan fingerprint density at radius 1 is 1.20 bits per heavy atom. The van der Waals surface area contributed by atoms with Gasteiger partial charge in [0, 0.05) is 18.6 Å². The van der Waals surface area contributed by atoms with Crippen molar-refractivity contribution in [3.63, 3.8) is 0 Å². The van der Waals surface area contributed by atoms with E-state index in [9.17, 15) is 0 Å². The number of hydrogen-bond donors (Lipinski definition) is 1. The zero-order chi connectivity index (χ0) is 14.4. The molecule has 112 valence electrons. The monoisotopic (exact) mass is 278 g/mol. The van der Waals surface area contributed by atoms with Gasteiger partial charge in [-0.1, -0.05) is 25.0 Å². The van der Waals surface area contributed by atoms with Gasteiger partial charge in [0.05, 0.1) is 7.11 Å². The van der Waals surface area contributed by atoms with Gasteiger partial charge >= 0.3 is 0 Å². The number of benzene rings is 1. The maximum atomic E-state index is 6.00. The van der Waals surface area contributed by atoms with E-state index in [4.69, 9.17) is 15.2 Å². The molecule has 0 aliphatic heterocycles. The normalized spacial score (nSPS) is 17.4. The molecule has 0 bridgehead atoms. The maximum absolute atomic E-state index is 6.00. The van der Waals surface area contributed by atoms with E-state index in [0.29, 0.717) is 6.61 Å². The molecule has 0 radical (unpaired) electrons. The van der Waals surface area contributed by atoms with Crippen molar-refractivity contribution in [2.24, 2.45) is 5.73 Å². The van der Waals surface area contributed by atoms with Crippen molar-refractivity contribution in [3.05, 3.63) is 24.3 Å². The number of para-hydroxylation sites is 2. The van der Waals surface area contributed by atoms with Crippen LogP contribution in [0, 0.1) is 0 Å². The van der Waals surface area contributed by atoms with Gasteiger partial charge in [-0.25, -0.2) is 0 Å². The highest BCUT2D eigenvalue weighted by molar-refractivity contribution is 5.39. The average molecular weight is 278 g/mol. The third-order valence-corrected chi connectivity index (χ3v) is 4.48. The Balaban J connectivity index is 1.86. The van der Waals surface area contributed by atoms with Crippen LogP contribution in [0.1, 0.15) is 25.7 Å². The van der Waals surface area contributed by atoms with Crippen LogP contribution >= 0.6 is 0 Å². The summed E-state index contributed by atoms with van der Waals surface area (Å²) in [5, 5.41) is 0. The van der Waals surface area contributed by atoms with Gasteiger partial charge in [0.15, 0.2) is 11.5 Å². The maximum Gasteiger partial charge on any atom is 0.161 e. The van der Waals surface area contributed by atoms with Crippen molar-refractivity contribution in [2.45, 2.75) is 31.2 Å². The summed E-state index contributed by atoms with van der Waals surface area (Å²) in [7, 11) is 3.82. The van der Waals surface area contributed by atoms with Crippen molar-refractivity contribution in [2.75, 3.05) is 33.9 Å². The predicted molar refractivity (Wildman–Crippen MR) is 81.4 cm³/mol. The zero-order valence-electron chi connectivity index (χ0n) is 12.6. The number of nitrogens with zero attached hydrogens (tertiary/aromatic N) is 1. The van der Waals surface area contributed by atoms with Crippen LogP contribution in [0.5, 0.6) is 11.5 Å². The van der Waals surface area contributed by atoms with E-state index in [1.807, 2.05) is 24.3 Å². The topological polar surface area (TPSA) is 47.7 Å². The molecule has 0 aromatic heterocycles. The Bertz CT molecular complexity index is 417. The van der Waals surface area contributed by atoms with Crippen LogP contribution in [-0.2, 0) is 0 Å². The first-order chi connectivity index (χ1) is 9.72. The largest absolute Gasteiger partial charge is 0.493 e. The van der Waals surface area contributed by atoms with E-state index in [1.54, 1.807) is 7.11 Å². The summed E-state index contributed by atoms with van der Waals surface area (Å²) in [6.45, 7) is 2.27. The molecule has 1 aromatic rings. The van der Waals surface area contributed by atoms with Crippen LogP contribution in [0.3, 0.4) is 0 Å². The van der Waals surface area contributed by atoms with Crippen LogP contribution in [0.2, 0.25) is 0 Å². The molecule has 4 heteroatoms. The van der Waals surface area contributed by atoms with E-state index < -0.39 is 0 Å². The number of hydrogen-bond acceptors (Lipinski definition) is 4. The molecule has 2 rings (SSSR count). The van der Waals surface area contributed by atoms with Crippen molar-refractivity contribution in [3.8, 4) is 11.5 Å². The lowest BCUT2D eigenvalue weighted by molar-refractivity contribution is 0.109. The lowest BCUT2D eigenvalue weighted by atomic mass is 9.96. The van der Waals surface area contributed by atoms with Gasteiger partial charge in [-0.2, -0.15) is 0 Å². The van der Waals surface area contributed by atoms with Gasteiger partial charge in [0.1, 0.15) is 6.61 Å². The Morgan fingerprint density at radius 3 is 2.45 bits per heavy atom. The van der Waals surface area contributed by atoms with Gasteiger partial charge < -0.3 is 15.2 Å². The lowest BCUT2D eigenvalue weighted by Crippen LogP contribution is -2.51. The minimum atomic E-state index is 0.185. The van der Waals surface area contributed by atoms with Gasteiger partial charge in [-0.05, 0) is 32.0 Å². The van der Waals surface area contributed by atoms with Crippen molar-refractivity contribution < 1.29 is 9.47 Å². The molecule has 0 spiro atoms. The molecule has 0 amide bonds. The van der Waals surface area contributed by atoms with Gasteiger partial charge in [0.2, 0.25) is 0 Å². The summed E-state index contributed by atoms with van der Waals surface area (Å²) < 4.78 is 11.1. The van der Waals surface area contributed by atoms with Crippen LogP contribution in [0.4, 0.5) is 0 Å². The second-order valence-electron chi connectivity index (χ2n) is 5.56. The number of rotatable bonds is 7. The van der Waals surface area contributed by atoms with Crippen molar-refractivity contribution in [1.82, 2.24) is 4.90 Å². The number of nitrogens with two attached hydrogens (primary N) is 1. The van der Waals surface area contributed by atoms with Crippen LogP contribution in [-0.4, -0.2) is 44.3 Å². The molecule has 4 nitrogen and oxygen atoms in total. The predicted octanol–water partition coefficient (Wildman–Crippen LogP) is 2.28. The summed E-state index contributed by atoms with van der Waals surface area (Å²) in [5.74, 6) is 1.58. The van der Waals surface area contributed by atoms with Gasteiger partial charge in [-0.15, -0.1) is 0 Å². The molecule has 1 aromatic carbocycles. The first-order valence-electron chi connectivity index (χ1n) is 7.39. The average Bonchev–Trinajstić information content (AvgIpc) is 2.98. The molecule has 0 unspecified atom stereocenters. The minimum absolute atomic E-state index is 0.185. The fourth-order valence-corrected chi connectivity index (χ4v) is 3.04. The lowest BCUT2D eigenvalue weighted by Gasteiger charge is -2.37. The molecule has 1 saturated carbocycles. The standard InChI is InChI=1S/C16H26N2O2/c1-18(16(13-17)9-5-6-10-16)11-12-20-15-8-4-3-7-14(15)19-2/h3-4,7-8H,5-6,9-13,17H2,1-2H3. The first-order valence-corrected chi connectivity index (χ1v) is 7.39. The SMILES string of the molecule is COc1ccccc1OCCN(C)C1(CN)CCCC1. The second-order valence-corrected chi connectivity index (χ2v) is 5.56. The molecular weight excluding hydrogens is 252 g/mol. The molecule has 0 atom stereocenters. The molecule has 0 saturated heterocycles. The van der Waals surface area contributed by atoms with E-state index in [-0.39, 0.29) is 5.54 Å². The Hall–Kier alpha value is -1.26. The Labute approximate surface area is 121 Å². The van der Waals surface area contributed by atoms with Crippen LogP contribution < -0.4 is 15.2 Å². The van der Waals surface area contributed by atoms with E-state index in [0.717, 1.165) is 24.6 Å². The summed E-state index contributed by atoms with van der Waals surface area (Å²) in [4.78, 5) is 2.37. The third-order valence-electron chi connectivity index (χ3n) is 4.48. The van der Waals surface area contributed by atoms with E-state index >= 15 is 0 Å². The quantitative estimate of drug-likeness (QED) is 0.831. The summed E-state index contributed by atoms with van der Waals surface area (Å²) in [6, 6.07) is 7.75. The van der Waals surface area contributed by atoms with Gasteiger partial charge in [0.25, 0.3) is 0 Å². The van der Waals surface area contributed by atoms with Crippen LogP contribution in [0.25, 0.3) is 0 Å². The summed E-state index contributed by atoms with van der Waals surface area (Å²) >= 11 is 0. The Kier molecular flexibility index (Phi) is 5.26. The molecule has 1 aliphatic rings. The molecular formula is C16H26N2O2.